The van der Waals surface area contributed by atoms with Crippen molar-refractivity contribution < 1.29 is 19.3 Å². The van der Waals surface area contributed by atoms with Crippen molar-refractivity contribution in [3.8, 4) is 0 Å². The number of benzene rings is 3. The lowest BCUT2D eigenvalue weighted by molar-refractivity contribution is -0.383. The summed E-state index contributed by atoms with van der Waals surface area (Å²) in [4.78, 5) is 55.6. The topological polar surface area (TPSA) is 104 Å². The number of anilines is 1. The van der Waals surface area contributed by atoms with Gasteiger partial charge in [0.1, 0.15) is 6.04 Å². The van der Waals surface area contributed by atoms with Gasteiger partial charge in [-0.2, -0.15) is 0 Å². The Kier molecular flexibility index (Phi) is 4.80. The first kappa shape index (κ1) is 21.3. The predicted octanol–water partition coefficient (Wildman–Crippen LogP) is 3.50. The number of nitro groups is 1. The lowest BCUT2D eigenvalue weighted by Crippen LogP contribution is -2.54. The molecule has 3 fully saturated rings. The molecule has 3 aromatic carbocycles. The molecule has 9 heteroatoms. The number of carbonyl (C=O) groups excluding carboxylic acids is 3. The van der Waals surface area contributed by atoms with E-state index in [1.54, 1.807) is 34.1 Å². The van der Waals surface area contributed by atoms with E-state index in [-0.39, 0.29) is 29.6 Å². The smallest absolute Gasteiger partial charge is 0.332 e. The van der Waals surface area contributed by atoms with Crippen LogP contribution in [0.4, 0.5) is 16.2 Å². The highest BCUT2D eigenvalue weighted by Crippen LogP contribution is 2.44. The third-order valence-electron chi connectivity index (χ3n) is 7.37. The second kappa shape index (κ2) is 7.90. The number of rotatable bonds is 5. The Labute approximate surface area is 200 Å². The van der Waals surface area contributed by atoms with Gasteiger partial charge in [-0.25, -0.2) is 9.69 Å². The number of urea groups is 1. The van der Waals surface area contributed by atoms with Crippen LogP contribution in [-0.2, 0) is 16.0 Å². The summed E-state index contributed by atoms with van der Waals surface area (Å²) >= 11 is 0. The van der Waals surface area contributed by atoms with Gasteiger partial charge in [-0.3, -0.25) is 19.7 Å². The number of fused-ring (bicyclic) bond motifs is 6. The van der Waals surface area contributed by atoms with Crippen LogP contribution < -0.4 is 4.90 Å². The van der Waals surface area contributed by atoms with Crippen molar-refractivity contribution in [1.29, 1.82) is 0 Å². The molecule has 35 heavy (non-hydrogen) atoms. The molecule has 0 radical (unpaired) electrons. The van der Waals surface area contributed by atoms with Gasteiger partial charge in [-0.1, -0.05) is 48.5 Å². The number of piperazine rings is 1. The van der Waals surface area contributed by atoms with Gasteiger partial charge in [0.15, 0.2) is 0 Å². The van der Waals surface area contributed by atoms with E-state index in [2.05, 4.69) is 0 Å². The molecule has 0 spiro atoms. The van der Waals surface area contributed by atoms with E-state index in [1.165, 1.54) is 12.1 Å². The van der Waals surface area contributed by atoms with E-state index < -0.39 is 17.0 Å². The van der Waals surface area contributed by atoms with Crippen molar-refractivity contribution in [2.45, 2.75) is 37.4 Å². The summed E-state index contributed by atoms with van der Waals surface area (Å²) in [5.74, 6) is -0.400. The Morgan fingerprint density at radius 3 is 2.43 bits per heavy atom. The summed E-state index contributed by atoms with van der Waals surface area (Å²) in [6.07, 6.45) is 1.56. The number of non-ortho nitro benzene ring substituents is 1. The fourth-order valence-corrected chi connectivity index (χ4v) is 5.83. The highest BCUT2D eigenvalue weighted by atomic mass is 16.6. The Hall–Kier alpha value is -4.27. The number of amides is 4. The summed E-state index contributed by atoms with van der Waals surface area (Å²) in [6, 6.07) is 17.5. The van der Waals surface area contributed by atoms with Crippen LogP contribution >= 0.6 is 0 Å². The Morgan fingerprint density at radius 1 is 0.971 bits per heavy atom. The summed E-state index contributed by atoms with van der Waals surface area (Å²) < 4.78 is 0. The molecule has 3 aliphatic rings. The van der Waals surface area contributed by atoms with Crippen molar-refractivity contribution in [3.63, 3.8) is 0 Å². The SMILES string of the molecule is O=C1C2C3CC(CN3C(=O)CCc3ccccc3)N2C(=O)N1c1ccc([N+](=O)[O-])c2ccccc12. The first-order valence-corrected chi connectivity index (χ1v) is 11.6. The fourth-order valence-electron chi connectivity index (χ4n) is 5.83. The first-order valence-electron chi connectivity index (χ1n) is 11.6. The predicted molar refractivity (Wildman–Crippen MR) is 128 cm³/mol. The Bertz CT molecular complexity index is 1390. The van der Waals surface area contributed by atoms with Crippen LogP contribution in [-0.4, -0.2) is 57.2 Å². The van der Waals surface area contributed by atoms with Gasteiger partial charge in [0.2, 0.25) is 5.91 Å². The van der Waals surface area contributed by atoms with Crippen LogP contribution in [0.3, 0.4) is 0 Å². The second-order valence-electron chi connectivity index (χ2n) is 9.20. The number of nitrogens with zero attached hydrogens (tertiary/aromatic N) is 4. The number of hydrogen-bond donors (Lipinski definition) is 0. The summed E-state index contributed by atoms with van der Waals surface area (Å²) in [5.41, 5.74) is 1.33. The molecule has 3 heterocycles. The molecule has 0 N–H and O–H groups in total. The lowest BCUT2D eigenvalue weighted by Gasteiger charge is -2.35. The minimum absolute atomic E-state index is 0.0134. The minimum atomic E-state index is -0.726. The van der Waals surface area contributed by atoms with Gasteiger partial charge in [0, 0.05) is 24.4 Å². The molecular weight excluding hydrogens is 448 g/mol. The highest BCUT2D eigenvalue weighted by Gasteiger charge is 2.62. The van der Waals surface area contributed by atoms with E-state index in [4.69, 9.17) is 0 Å². The normalized spacial score (nSPS) is 22.9. The highest BCUT2D eigenvalue weighted by molar-refractivity contribution is 6.25. The number of carbonyl (C=O) groups is 3. The van der Waals surface area contributed by atoms with Crippen LogP contribution in [0.5, 0.6) is 0 Å². The molecule has 6 rings (SSSR count). The van der Waals surface area contributed by atoms with E-state index >= 15 is 0 Å². The largest absolute Gasteiger partial charge is 0.335 e. The van der Waals surface area contributed by atoms with Gasteiger partial charge in [-0.15, -0.1) is 0 Å². The van der Waals surface area contributed by atoms with Crippen LogP contribution in [0.2, 0.25) is 0 Å². The number of likely N-dealkylation sites (tertiary alicyclic amines) is 1. The van der Waals surface area contributed by atoms with Crippen molar-refractivity contribution in [2.75, 3.05) is 11.4 Å². The average molecular weight is 470 g/mol. The van der Waals surface area contributed by atoms with E-state index in [0.717, 1.165) is 10.5 Å². The molecule has 0 aromatic heterocycles. The average Bonchev–Trinajstić information content (AvgIpc) is 3.54. The Balaban J connectivity index is 1.28. The lowest BCUT2D eigenvalue weighted by atomic mass is 10.0. The van der Waals surface area contributed by atoms with Gasteiger partial charge < -0.3 is 9.80 Å². The molecule has 3 unspecified atom stereocenters. The zero-order valence-corrected chi connectivity index (χ0v) is 18.7. The van der Waals surface area contributed by atoms with Crippen molar-refractivity contribution in [3.05, 3.63) is 82.4 Å². The number of hydrogen-bond acceptors (Lipinski definition) is 5. The molecule has 4 amide bonds. The molecule has 0 aliphatic carbocycles. The summed E-state index contributed by atoms with van der Waals surface area (Å²) in [7, 11) is 0. The molecule has 2 bridgehead atoms. The fraction of sp³-hybridized carbons (Fsp3) is 0.269. The van der Waals surface area contributed by atoms with Crippen LogP contribution in [0, 0.1) is 10.1 Å². The molecule has 3 aliphatic heterocycles. The summed E-state index contributed by atoms with van der Waals surface area (Å²) in [6.45, 7) is 0.419. The molecule has 3 atom stereocenters. The first-order chi connectivity index (χ1) is 17.0. The minimum Gasteiger partial charge on any atom is -0.335 e. The van der Waals surface area contributed by atoms with Crippen LogP contribution in [0.25, 0.3) is 10.8 Å². The van der Waals surface area contributed by atoms with E-state index in [0.29, 0.717) is 42.3 Å². The number of aryl methyl sites for hydroxylation is 1. The Morgan fingerprint density at radius 2 is 1.69 bits per heavy atom. The molecule has 176 valence electrons. The maximum atomic E-state index is 13.6. The molecule has 3 aromatic rings. The zero-order chi connectivity index (χ0) is 24.3. The second-order valence-corrected chi connectivity index (χ2v) is 9.20. The monoisotopic (exact) mass is 470 g/mol. The summed E-state index contributed by atoms with van der Waals surface area (Å²) in [5, 5.41) is 12.3. The van der Waals surface area contributed by atoms with E-state index in [9.17, 15) is 24.5 Å². The number of imide groups is 1. The maximum Gasteiger partial charge on any atom is 0.332 e. The van der Waals surface area contributed by atoms with Gasteiger partial charge in [0.25, 0.3) is 11.6 Å². The maximum absolute atomic E-state index is 13.6. The van der Waals surface area contributed by atoms with Crippen LogP contribution in [0.15, 0.2) is 66.7 Å². The van der Waals surface area contributed by atoms with Gasteiger partial charge in [0.05, 0.1) is 28.1 Å². The molecule has 3 saturated heterocycles. The number of nitro benzene ring substituents is 1. The quantitative estimate of drug-likeness (QED) is 0.323. The van der Waals surface area contributed by atoms with Crippen LogP contribution in [0.1, 0.15) is 18.4 Å². The molecular formula is C26H22N4O5. The third-order valence-corrected chi connectivity index (χ3v) is 7.37. The van der Waals surface area contributed by atoms with Gasteiger partial charge >= 0.3 is 6.03 Å². The van der Waals surface area contributed by atoms with E-state index in [1.807, 2.05) is 30.3 Å². The van der Waals surface area contributed by atoms with Crippen molar-refractivity contribution in [1.82, 2.24) is 9.80 Å². The van der Waals surface area contributed by atoms with Gasteiger partial charge in [-0.05, 0) is 30.5 Å². The van der Waals surface area contributed by atoms with Crippen molar-refractivity contribution >= 4 is 40.0 Å². The molecule has 9 nitrogen and oxygen atoms in total. The van der Waals surface area contributed by atoms with Crippen molar-refractivity contribution in [2.24, 2.45) is 0 Å². The third kappa shape index (κ3) is 3.18. The zero-order valence-electron chi connectivity index (χ0n) is 18.7. The molecule has 0 saturated carbocycles. The standard InChI is InChI=1S/C26H22N4O5/c31-23(13-10-16-6-2-1-3-7-16)27-15-17-14-22(27)24-25(32)29(26(33)28(17)24)20-11-12-21(30(34)35)19-9-5-4-8-18(19)20/h1-9,11-12,17,22,24H,10,13-15H2.